The molecule has 38 heavy (non-hydrogen) atoms. The Labute approximate surface area is 230 Å². The van der Waals surface area contributed by atoms with Gasteiger partial charge in [-0.05, 0) is 38.2 Å². The number of carbonyl (C=O) groups excluding carboxylic acids is 1. The van der Waals surface area contributed by atoms with E-state index in [-0.39, 0.29) is 18.5 Å². The number of hydrogen-bond acceptors (Lipinski definition) is 8. The fourth-order valence-corrected chi connectivity index (χ4v) is 6.11. The molecule has 0 spiro atoms. The summed E-state index contributed by atoms with van der Waals surface area (Å²) >= 11 is 0. The molecule has 2 heterocycles. The lowest BCUT2D eigenvalue weighted by atomic mass is 9.67. The molecule has 0 aliphatic carbocycles. The van der Waals surface area contributed by atoms with Crippen LogP contribution in [0.3, 0.4) is 0 Å². The van der Waals surface area contributed by atoms with Crippen molar-refractivity contribution in [3.63, 3.8) is 0 Å². The highest BCUT2D eigenvalue weighted by atomic mass is 16.6. The molecule has 2 aliphatic heterocycles. The largest absolute Gasteiger partial charge is 0.457 e. The average Bonchev–Trinajstić information content (AvgIpc) is 2.89. The molecule has 0 aromatic heterocycles. The van der Waals surface area contributed by atoms with Crippen LogP contribution in [0.15, 0.2) is 11.6 Å². The van der Waals surface area contributed by atoms with Crippen LogP contribution in [0.25, 0.3) is 0 Å². The van der Waals surface area contributed by atoms with E-state index in [1.807, 2.05) is 34.6 Å². The van der Waals surface area contributed by atoms with Gasteiger partial charge in [-0.2, -0.15) is 0 Å². The molecular formula is C30H54O8. The summed E-state index contributed by atoms with van der Waals surface area (Å²) in [7, 11) is 4.80. The van der Waals surface area contributed by atoms with Crippen molar-refractivity contribution in [2.24, 2.45) is 23.2 Å². The van der Waals surface area contributed by atoms with Crippen molar-refractivity contribution in [1.82, 2.24) is 0 Å². The van der Waals surface area contributed by atoms with Crippen molar-refractivity contribution in [1.29, 1.82) is 0 Å². The molecule has 8 heteroatoms. The smallest absolute Gasteiger partial charge is 0.311 e. The Hall–Kier alpha value is -1.03. The molecule has 0 saturated carbocycles. The van der Waals surface area contributed by atoms with Crippen molar-refractivity contribution in [2.75, 3.05) is 21.3 Å². The maximum Gasteiger partial charge on any atom is 0.311 e. The minimum Gasteiger partial charge on any atom is -0.457 e. The van der Waals surface area contributed by atoms with Crippen LogP contribution in [0.2, 0.25) is 0 Å². The number of hydrogen-bond donors (Lipinski definition) is 2. The molecule has 2 rings (SSSR count). The minimum absolute atomic E-state index is 0.243. The average molecular weight is 543 g/mol. The van der Waals surface area contributed by atoms with Crippen LogP contribution in [0.1, 0.15) is 87.0 Å². The molecular weight excluding hydrogens is 488 g/mol. The van der Waals surface area contributed by atoms with Gasteiger partial charge in [-0.15, -0.1) is 0 Å². The standard InChI is InChI=1S/C30H54O8/c1-11-21(12-2)13-18(3)24-14-22(34-8)17-27(31)29(6,7)30(33)20(5)26(36-10)16-23(38-30)15-25(35-9)19(4)28(32)37-24/h13,19-27,31,33H,11-12,14-17H2,1-10H3/b18-13-/t19-,20+,22+,23-,24-,25+,26+,27-,30?/m1/s1. The summed E-state index contributed by atoms with van der Waals surface area (Å²) in [4.78, 5) is 13.4. The van der Waals surface area contributed by atoms with E-state index in [0.29, 0.717) is 25.2 Å². The summed E-state index contributed by atoms with van der Waals surface area (Å²) < 4.78 is 29.9. The summed E-state index contributed by atoms with van der Waals surface area (Å²) in [6, 6.07) is 0. The number of aliphatic hydroxyl groups is 2. The van der Waals surface area contributed by atoms with E-state index in [9.17, 15) is 15.0 Å². The number of cyclic esters (lactones) is 1. The second kappa shape index (κ2) is 14.0. The topological polar surface area (TPSA) is 104 Å². The summed E-state index contributed by atoms with van der Waals surface area (Å²) in [5.41, 5.74) is -0.0738. The molecule has 0 aromatic rings. The monoisotopic (exact) mass is 542 g/mol. The molecule has 0 amide bonds. The zero-order valence-corrected chi connectivity index (χ0v) is 25.4. The first kappa shape index (κ1) is 33.2. The van der Waals surface area contributed by atoms with Crippen LogP contribution in [-0.2, 0) is 28.5 Å². The normalized spacial score (nSPS) is 39.5. The second-order valence-electron chi connectivity index (χ2n) is 12.0. The third-order valence-corrected chi connectivity index (χ3v) is 9.41. The lowest BCUT2D eigenvalue weighted by Gasteiger charge is -2.55. The number of fused-ring (bicyclic) bond motifs is 2. The first-order valence-corrected chi connectivity index (χ1v) is 14.3. The Morgan fingerprint density at radius 1 is 1.03 bits per heavy atom. The van der Waals surface area contributed by atoms with E-state index in [4.69, 9.17) is 23.7 Å². The molecule has 1 unspecified atom stereocenters. The quantitative estimate of drug-likeness (QED) is 0.354. The Morgan fingerprint density at radius 2 is 1.61 bits per heavy atom. The highest BCUT2D eigenvalue weighted by Crippen LogP contribution is 2.49. The summed E-state index contributed by atoms with van der Waals surface area (Å²) in [6.07, 6.45) is 2.64. The number of allylic oxidation sites excluding steroid dienone is 1. The van der Waals surface area contributed by atoms with Gasteiger partial charge in [0.1, 0.15) is 6.10 Å². The Bertz CT molecular complexity index is 778. The Kier molecular flexibility index (Phi) is 12.3. The zero-order chi connectivity index (χ0) is 28.8. The Balaban J connectivity index is 2.56. The van der Waals surface area contributed by atoms with Crippen molar-refractivity contribution in [3.05, 3.63) is 11.6 Å². The number of ether oxygens (including phenoxy) is 5. The predicted molar refractivity (Wildman–Crippen MR) is 147 cm³/mol. The summed E-state index contributed by atoms with van der Waals surface area (Å²) in [6.45, 7) is 13.7. The fraction of sp³-hybridized carbons (Fsp3) is 0.900. The van der Waals surface area contributed by atoms with Gasteiger partial charge in [0, 0.05) is 58.3 Å². The van der Waals surface area contributed by atoms with Crippen molar-refractivity contribution < 1.29 is 38.7 Å². The van der Waals surface area contributed by atoms with E-state index < -0.39 is 53.6 Å². The molecule has 2 N–H and O–H groups in total. The fourth-order valence-electron chi connectivity index (χ4n) is 6.11. The van der Waals surface area contributed by atoms with Crippen LogP contribution in [0.5, 0.6) is 0 Å². The van der Waals surface area contributed by atoms with Gasteiger partial charge in [0.2, 0.25) is 0 Å². The molecule has 2 aliphatic rings. The molecule has 2 bridgehead atoms. The molecule has 0 aromatic carbocycles. The zero-order valence-electron chi connectivity index (χ0n) is 25.4. The first-order chi connectivity index (χ1) is 17.8. The van der Waals surface area contributed by atoms with Gasteiger partial charge in [0.05, 0.1) is 36.4 Å². The molecule has 0 radical (unpaired) electrons. The van der Waals surface area contributed by atoms with E-state index in [0.717, 1.165) is 18.4 Å². The van der Waals surface area contributed by atoms with E-state index in [1.165, 1.54) is 0 Å². The number of aliphatic hydroxyl groups excluding tert-OH is 1. The van der Waals surface area contributed by atoms with Gasteiger partial charge in [0.25, 0.3) is 0 Å². The molecule has 2 fully saturated rings. The second-order valence-corrected chi connectivity index (χ2v) is 12.0. The van der Waals surface area contributed by atoms with Crippen molar-refractivity contribution >= 4 is 5.97 Å². The SMILES string of the molecule is CCC(/C=C(/C)[C@H]1C[C@H](OC)C[C@@H](O)C(C)(C)C2(O)O[C@H](C[C@H](OC)[C@@H](C)C(=O)O1)C[C@H](OC)[C@@H]2C)CC. The first-order valence-electron chi connectivity index (χ1n) is 14.3. The highest BCUT2D eigenvalue weighted by molar-refractivity contribution is 5.73. The predicted octanol–water partition coefficient (Wildman–Crippen LogP) is 4.65. The molecule has 9 atom stereocenters. The van der Waals surface area contributed by atoms with Crippen LogP contribution in [0.4, 0.5) is 0 Å². The van der Waals surface area contributed by atoms with Crippen LogP contribution < -0.4 is 0 Å². The summed E-state index contributed by atoms with van der Waals surface area (Å²) in [5.74, 6) is -2.59. The van der Waals surface area contributed by atoms with Crippen molar-refractivity contribution in [2.45, 2.75) is 129 Å². The molecule has 8 nitrogen and oxygen atoms in total. The van der Waals surface area contributed by atoms with Gasteiger partial charge in [-0.3, -0.25) is 4.79 Å². The number of carbonyl (C=O) groups is 1. The third-order valence-electron chi connectivity index (χ3n) is 9.41. The lowest BCUT2D eigenvalue weighted by Crippen LogP contribution is -2.64. The lowest BCUT2D eigenvalue weighted by molar-refractivity contribution is -0.365. The maximum atomic E-state index is 13.4. The number of methoxy groups -OCH3 is 3. The van der Waals surface area contributed by atoms with E-state index in [1.54, 1.807) is 21.3 Å². The minimum atomic E-state index is -1.68. The number of esters is 1. The highest BCUT2D eigenvalue weighted by Gasteiger charge is 2.59. The Morgan fingerprint density at radius 3 is 2.13 bits per heavy atom. The van der Waals surface area contributed by atoms with Crippen LogP contribution >= 0.6 is 0 Å². The maximum absolute atomic E-state index is 13.4. The van der Waals surface area contributed by atoms with Gasteiger partial charge < -0.3 is 33.9 Å². The van der Waals surface area contributed by atoms with E-state index >= 15 is 0 Å². The van der Waals surface area contributed by atoms with E-state index in [2.05, 4.69) is 19.9 Å². The summed E-state index contributed by atoms with van der Waals surface area (Å²) in [5, 5.41) is 23.6. The number of rotatable bonds is 7. The van der Waals surface area contributed by atoms with Gasteiger partial charge >= 0.3 is 5.97 Å². The molecule has 222 valence electrons. The van der Waals surface area contributed by atoms with Gasteiger partial charge in [0.15, 0.2) is 5.79 Å². The van der Waals surface area contributed by atoms with Crippen LogP contribution in [0, 0.1) is 23.2 Å². The van der Waals surface area contributed by atoms with Crippen LogP contribution in [-0.4, -0.2) is 79.9 Å². The third kappa shape index (κ3) is 7.18. The molecule has 2 saturated heterocycles. The van der Waals surface area contributed by atoms with Gasteiger partial charge in [-0.25, -0.2) is 0 Å². The van der Waals surface area contributed by atoms with Gasteiger partial charge in [-0.1, -0.05) is 40.7 Å². The van der Waals surface area contributed by atoms with Crippen molar-refractivity contribution in [3.8, 4) is 0 Å².